The Hall–Kier alpha value is -1.71. The molecule has 0 fully saturated rings. The van der Waals surface area contributed by atoms with Gasteiger partial charge >= 0.3 is 5.97 Å². The molecule has 1 aromatic rings. The summed E-state index contributed by atoms with van der Waals surface area (Å²) in [7, 11) is 0. The molecular weight excluding hydrogens is 324 g/mol. The zero-order chi connectivity index (χ0) is 18.7. The van der Waals surface area contributed by atoms with Crippen LogP contribution in [-0.4, -0.2) is 11.8 Å². The summed E-state index contributed by atoms with van der Waals surface area (Å²) < 4.78 is 5.83. The first-order chi connectivity index (χ1) is 12.7. The van der Waals surface area contributed by atoms with Crippen LogP contribution in [0, 0.1) is 0 Å². The van der Waals surface area contributed by atoms with E-state index in [1.807, 2.05) is 31.2 Å². The Bertz CT molecular complexity index is 520. The summed E-state index contributed by atoms with van der Waals surface area (Å²) >= 11 is 0. The van der Waals surface area contributed by atoms with Crippen LogP contribution in [0.2, 0.25) is 0 Å². The van der Waals surface area contributed by atoms with Crippen molar-refractivity contribution in [2.45, 2.75) is 96.7 Å². The summed E-state index contributed by atoms with van der Waals surface area (Å²) in [5.41, 5.74) is 2.01. The molecule has 1 heterocycles. The monoisotopic (exact) mass is 360 g/mol. The Morgan fingerprint density at radius 3 is 1.92 bits per heavy atom. The van der Waals surface area contributed by atoms with Gasteiger partial charge in [0.1, 0.15) is 0 Å². The minimum atomic E-state index is -0.781. The fourth-order valence-corrected chi connectivity index (χ4v) is 3.53. The minimum absolute atomic E-state index is 0.142. The lowest BCUT2D eigenvalue weighted by Gasteiger charge is -2.30. The number of hydrogen-bond acceptors (Lipinski definition) is 4. The highest BCUT2D eigenvalue weighted by Gasteiger charge is 2.39. The number of fused-ring (bicyclic) bond motifs is 1. The van der Waals surface area contributed by atoms with Gasteiger partial charge in [-0.25, -0.2) is 0 Å². The second-order valence-corrected chi connectivity index (χ2v) is 7.43. The summed E-state index contributed by atoms with van der Waals surface area (Å²) in [6.45, 7) is 4.26. The first kappa shape index (κ1) is 20.6. The van der Waals surface area contributed by atoms with Crippen LogP contribution in [0.15, 0.2) is 24.3 Å². The molecule has 4 nitrogen and oxygen atoms in total. The average Bonchev–Trinajstić information content (AvgIpc) is 2.98. The molecule has 0 atom stereocenters. The molecule has 26 heavy (non-hydrogen) atoms. The quantitative estimate of drug-likeness (QED) is 0.314. The van der Waals surface area contributed by atoms with E-state index in [1.54, 1.807) is 0 Å². The van der Waals surface area contributed by atoms with Crippen molar-refractivity contribution in [2.24, 2.45) is 0 Å². The number of para-hydroxylation sites is 2. The van der Waals surface area contributed by atoms with Crippen LogP contribution in [0.5, 0.6) is 0 Å². The van der Waals surface area contributed by atoms with E-state index in [9.17, 15) is 4.79 Å². The number of ether oxygens (including phenoxy) is 1. The van der Waals surface area contributed by atoms with E-state index in [0.29, 0.717) is 6.42 Å². The molecule has 0 saturated heterocycles. The molecular formula is C22H36N2O2. The number of rotatable bonds is 13. The van der Waals surface area contributed by atoms with Gasteiger partial charge < -0.3 is 15.4 Å². The highest BCUT2D eigenvalue weighted by atomic mass is 16.6. The highest BCUT2D eigenvalue weighted by molar-refractivity contribution is 5.78. The number of unbranched alkanes of at least 4 members (excludes halogenated alkanes) is 8. The van der Waals surface area contributed by atoms with Crippen molar-refractivity contribution in [3.63, 3.8) is 0 Å². The van der Waals surface area contributed by atoms with Crippen molar-refractivity contribution < 1.29 is 9.53 Å². The zero-order valence-corrected chi connectivity index (χ0v) is 16.6. The van der Waals surface area contributed by atoms with Crippen molar-refractivity contribution in [1.82, 2.24) is 0 Å². The molecule has 0 saturated carbocycles. The van der Waals surface area contributed by atoms with Crippen LogP contribution in [-0.2, 0) is 9.53 Å². The number of nitrogens with one attached hydrogen (secondary N) is 2. The number of benzene rings is 1. The molecule has 2 rings (SSSR count). The molecule has 4 heteroatoms. The third-order valence-electron chi connectivity index (χ3n) is 4.97. The molecule has 146 valence electrons. The third kappa shape index (κ3) is 6.54. The highest BCUT2D eigenvalue weighted by Crippen LogP contribution is 2.37. The normalized spacial score (nSPS) is 14.4. The molecule has 0 aliphatic carbocycles. The van der Waals surface area contributed by atoms with Gasteiger partial charge in [-0.15, -0.1) is 0 Å². The number of carbonyl (C=O) groups is 1. The lowest BCUT2D eigenvalue weighted by atomic mass is 10.1. The number of anilines is 2. The molecule has 2 N–H and O–H groups in total. The molecule has 1 aromatic carbocycles. The number of carbonyl (C=O) groups excluding carboxylic acids is 1. The predicted molar refractivity (Wildman–Crippen MR) is 109 cm³/mol. The first-order valence-corrected chi connectivity index (χ1v) is 10.6. The van der Waals surface area contributed by atoms with Gasteiger partial charge in [-0.05, 0) is 25.0 Å². The van der Waals surface area contributed by atoms with Crippen LogP contribution in [0.1, 0.15) is 90.9 Å². The van der Waals surface area contributed by atoms with Crippen molar-refractivity contribution in [3.05, 3.63) is 24.3 Å². The lowest BCUT2D eigenvalue weighted by Crippen LogP contribution is -2.46. The van der Waals surface area contributed by atoms with E-state index in [-0.39, 0.29) is 5.97 Å². The summed E-state index contributed by atoms with van der Waals surface area (Å²) in [6, 6.07) is 8.04. The van der Waals surface area contributed by atoms with Crippen LogP contribution >= 0.6 is 0 Å². The van der Waals surface area contributed by atoms with Crippen LogP contribution in [0.4, 0.5) is 11.4 Å². The molecule has 1 aliphatic rings. The van der Waals surface area contributed by atoms with Crippen LogP contribution in [0.25, 0.3) is 0 Å². The minimum Gasteiger partial charge on any atom is -0.420 e. The smallest absolute Gasteiger partial charge is 0.309 e. The number of esters is 1. The standard InChI is InChI=1S/C22H36N2O2/c1-3-5-6-7-8-9-10-11-14-18-22(26-21(25)15-4-2)23-19-16-12-13-17-20(19)24-22/h12-13,16-17,23-24H,3-11,14-15,18H2,1-2H3. The molecule has 0 unspecified atom stereocenters. The van der Waals surface area contributed by atoms with Gasteiger partial charge in [-0.1, -0.05) is 77.3 Å². The summed E-state index contributed by atoms with van der Waals surface area (Å²) in [6.07, 6.45) is 13.6. The maximum atomic E-state index is 12.1. The SMILES string of the molecule is CCCCCCCCCCCC1(OC(=O)CCC)Nc2ccccc2N1. The number of hydrogen-bond donors (Lipinski definition) is 2. The third-order valence-corrected chi connectivity index (χ3v) is 4.97. The second kappa shape index (κ2) is 11.1. The van der Waals surface area contributed by atoms with E-state index >= 15 is 0 Å². The van der Waals surface area contributed by atoms with E-state index in [0.717, 1.165) is 30.6 Å². The second-order valence-electron chi connectivity index (χ2n) is 7.43. The molecule has 0 amide bonds. The van der Waals surface area contributed by atoms with Gasteiger partial charge in [0.25, 0.3) is 5.85 Å². The van der Waals surface area contributed by atoms with E-state index < -0.39 is 5.85 Å². The Labute approximate surface area is 159 Å². The lowest BCUT2D eigenvalue weighted by molar-refractivity contribution is -0.154. The summed E-state index contributed by atoms with van der Waals surface area (Å²) in [5, 5.41) is 6.82. The van der Waals surface area contributed by atoms with E-state index in [2.05, 4.69) is 17.6 Å². The maximum Gasteiger partial charge on any atom is 0.309 e. The van der Waals surface area contributed by atoms with Gasteiger partial charge in [0.2, 0.25) is 0 Å². The van der Waals surface area contributed by atoms with Crippen molar-refractivity contribution in [1.29, 1.82) is 0 Å². The molecule has 1 aliphatic heterocycles. The first-order valence-electron chi connectivity index (χ1n) is 10.6. The fourth-order valence-electron chi connectivity index (χ4n) is 3.53. The molecule has 0 aromatic heterocycles. The molecule has 0 bridgehead atoms. The summed E-state index contributed by atoms with van der Waals surface area (Å²) in [4.78, 5) is 12.1. The van der Waals surface area contributed by atoms with Gasteiger partial charge in [-0.2, -0.15) is 0 Å². The Balaban J connectivity index is 1.76. The van der Waals surface area contributed by atoms with E-state index in [4.69, 9.17) is 4.74 Å². The van der Waals surface area contributed by atoms with Gasteiger partial charge in [0.05, 0.1) is 11.4 Å². The molecule has 0 radical (unpaired) electrons. The van der Waals surface area contributed by atoms with Crippen LogP contribution < -0.4 is 10.6 Å². The Kier molecular flexibility index (Phi) is 8.79. The van der Waals surface area contributed by atoms with Gasteiger partial charge in [0.15, 0.2) is 0 Å². The Morgan fingerprint density at radius 1 is 0.846 bits per heavy atom. The van der Waals surface area contributed by atoms with Gasteiger partial charge in [-0.3, -0.25) is 4.79 Å². The zero-order valence-electron chi connectivity index (χ0n) is 16.6. The fraction of sp³-hybridized carbons (Fsp3) is 0.682. The van der Waals surface area contributed by atoms with Crippen molar-refractivity contribution >= 4 is 17.3 Å². The largest absolute Gasteiger partial charge is 0.420 e. The van der Waals surface area contributed by atoms with Crippen molar-refractivity contribution in [2.75, 3.05) is 10.6 Å². The van der Waals surface area contributed by atoms with Crippen LogP contribution in [0.3, 0.4) is 0 Å². The summed E-state index contributed by atoms with van der Waals surface area (Å²) in [5.74, 6) is -0.923. The predicted octanol–water partition coefficient (Wildman–Crippen LogP) is 6.44. The Morgan fingerprint density at radius 2 is 1.38 bits per heavy atom. The average molecular weight is 361 g/mol. The maximum absolute atomic E-state index is 12.1. The topological polar surface area (TPSA) is 50.4 Å². The molecule has 0 spiro atoms. The van der Waals surface area contributed by atoms with E-state index in [1.165, 1.54) is 51.4 Å². The van der Waals surface area contributed by atoms with Gasteiger partial charge in [0, 0.05) is 12.8 Å². The van der Waals surface area contributed by atoms with Crippen molar-refractivity contribution in [3.8, 4) is 0 Å².